The van der Waals surface area contributed by atoms with Gasteiger partial charge in [0.25, 0.3) is 0 Å². The summed E-state index contributed by atoms with van der Waals surface area (Å²) in [5.41, 5.74) is 1.16. The van der Waals surface area contributed by atoms with E-state index in [1.54, 1.807) is 0 Å². The van der Waals surface area contributed by atoms with Crippen molar-refractivity contribution in [2.45, 2.75) is 45.4 Å². The van der Waals surface area contributed by atoms with E-state index in [0.717, 1.165) is 25.2 Å². The molecular weight excluding hydrogens is 252 g/mol. The molecule has 0 bridgehead atoms. The summed E-state index contributed by atoms with van der Waals surface area (Å²) in [6, 6.07) is 8.25. The van der Waals surface area contributed by atoms with Crippen LogP contribution in [0, 0.1) is 0 Å². The molecule has 114 valence electrons. The van der Waals surface area contributed by atoms with Crippen LogP contribution < -0.4 is 4.74 Å². The largest absolute Gasteiger partial charge is 0.494 e. The molecule has 3 heteroatoms. The topological polar surface area (TPSA) is 38.7 Å². The summed E-state index contributed by atoms with van der Waals surface area (Å²) in [7, 11) is 0. The summed E-state index contributed by atoms with van der Waals surface area (Å²) in [6.45, 7) is 8.69. The first-order chi connectivity index (χ1) is 9.60. The molecule has 0 aliphatic rings. The second-order valence-electron chi connectivity index (χ2n) is 5.74. The van der Waals surface area contributed by atoms with Gasteiger partial charge in [-0.15, -0.1) is 0 Å². The van der Waals surface area contributed by atoms with Gasteiger partial charge in [-0.25, -0.2) is 0 Å². The third-order valence-corrected chi connectivity index (χ3v) is 3.29. The lowest BCUT2D eigenvalue weighted by atomic mass is 9.85. The van der Waals surface area contributed by atoms with Gasteiger partial charge in [0.2, 0.25) is 0 Å². The number of hydrogen-bond acceptors (Lipinski definition) is 3. The Hall–Kier alpha value is -1.06. The highest BCUT2D eigenvalue weighted by atomic mass is 16.5. The Labute approximate surface area is 122 Å². The predicted octanol–water partition coefficient (Wildman–Crippen LogP) is 3.54. The van der Waals surface area contributed by atoms with Gasteiger partial charge in [0, 0.05) is 18.6 Å². The fourth-order valence-electron chi connectivity index (χ4n) is 1.92. The van der Waals surface area contributed by atoms with Crippen molar-refractivity contribution in [3.05, 3.63) is 29.8 Å². The van der Waals surface area contributed by atoms with E-state index in [4.69, 9.17) is 14.6 Å². The Bertz CT molecular complexity index is 374. The minimum atomic E-state index is -0.0560. The SMILES string of the molecule is CCCCOc1cccc(C(C)(C)COCCCO)c1. The van der Waals surface area contributed by atoms with Crippen LogP contribution in [0.3, 0.4) is 0 Å². The van der Waals surface area contributed by atoms with E-state index >= 15 is 0 Å². The van der Waals surface area contributed by atoms with Crippen molar-refractivity contribution >= 4 is 0 Å². The maximum Gasteiger partial charge on any atom is 0.119 e. The van der Waals surface area contributed by atoms with E-state index in [9.17, 15) is 0 Å². The third kappa shape index (κ3) is 5.93. The monoisotopic (exact) mass is 280 g/mol. The van der Waals surface area contributed by atoms with Gasteiger partial charge in [-0.2, -0.15) is 0 Å². The van der Waals surface area contributed by atoms with Crippen molar-refractivity contribution in [1.82, 2.24) is 0 Å². The van der Waals surface area contributed by atoms with Gasteiger partial charge in [0.05, 0.1) is 13.2 Å². The van der Waals surface area contributed by atoms with E-state index in [-0.39, 0.29) is 12.0 Å². The molecule has 3 nitrogen and oxygen atoms in total. The second-order valence-corrected chi connectivity index (χ2v) is 5.74. The normalized spacial score (nSPS) is 11.6. The average molecular weight is 280 g/mol. The maximum atomic E-state index is 8.76. The standard InChI is InChI=1S/C17H28O3/c1-4-5-12-20-16-9-6-8-15(13-16)17(2,3)14-19-11-7-10-18/h6,8-9,13,18H,4-5,7,10-12,14H2,1-3H3. The molecule has 0 spiro atoms. The first-order valence-electron chi connectivity index (χ1n) is 7.52. The molecule has 0 unspecified atom stereocenters. The van der Waals surface area contributed by atoms with E-state index < -0.39 is 0 Å². The van der Waals surface area contributed by atoms with Crippen LogP contribution in [0.5, 0.6) is 5.75 Å². The molecule has 1 aromatic carbocycles. The fraction of sp³-hybridized carbons (Fsp3) is 0.647. The van der Waals surface area contributed by atoms with Crippen molar-refractivity contribution < 1.29 is 14.6 Å². The minimum Gasteiger partial charge on any atom is -0.494 e. The van der Waals surface area contributed by atoms with Crippen LogP contribution in [0.15, 0.2) is 24.3 Å². The van der Waals surface area contributed by atoms with Crippen LogP contribution in [-0.4, -0.2) is 31.5 Å². The highest BCUT2D eigenvalue weighted by molar-refractivity contribution is 5.33. The van der Waals surface area contributed by atoms with Crippen molar-refractivity contribution in [3.63, 3.8) is 0 Å². The zero-order valence-corrected chi connectivity index (χ0v) is 13.0. The molecule has 1 aromatic rings. The predicted molar refractivity (Wildman–Crippen MR) is 82.4 cm³/mol. The number of hydrogen-bond donors (Lipinski definition) is 1. The molecule has 1 rings (SSSR count). The lowest BCUT2D eigenvalue weighted by Gasteiger charge is -2.25. The van der Waals surface area contributed by atoms with Crippen LogP contribution in [-0.2, 0) is 10.2 Å². The number of unbranched alkanes of at least 4 members (excludes halogenated alkanes) is 1. The third-order valence-electron chi connectivity index (χ3n) is 3.29. The van der Waals surface area contributed by atoms with Gasteiger partial charge in [0.1, 0.15) is 5.75 Å². The molecule has 0 saturated carbocycles. The summed E-state index contributed by atoms with van der Waals surface area (Å²) in [4.78, 5) is 0. The Morgan fingerprint density at radius 2 is 1.95 bits per heavy atom. The summed E-state index contributed by atoms with van der Waals surface area (Å²) >= 11 is 0. The molecular formula is C17H28O3. The molecule has 0 fully saturated rings. The number of benzene rings is 1. The minimum absolute atomic E-state index is 0.0560. The van der Waals surface area contributed by atoms with E-state index in [0.29, 0.717) is 19.6 Å². The Morgan fingerprint density at radius 3 is 2.65 bits per heavy atom. The molecule has 0 aliphatic heterocycles. The smallest absolute Gasteiger partial charge is 0.119 e. The van der Waals surface area contributed by atoms with E-state index in [1.165, 1.54) is 5.56 Å². The van der Waals surface area contributed by atoms with Gasteiger partial charge in [-0.3, -0.25) is 0 Å². The van der Waals surface area contributed by atoms with Crippen LogP contribution in [0.1, 0.15) is 45.6 Å². The van der Waals surface area contributed by atoms with Crippen molar-refractivity contribution in [1.29, 1.82) is 0 Å². The molecule has 0 atom stereocenters. The Kier molecular flexibility index (Phi) is 7.63. The summed E-state index contributed by atoms with van der Waals surface area (Å²) in [6.07, 6.45) is 2.91. The Balaban J connectivity index is 2.57. The second kappa shape index (κ2) is 8.98. The molecule has 0 saturated heterocycles. The number of aliphatic hydroxyl groups excluding tert-OH is 1. The highest BCUT2D eigenvalue weighted by Gasteiger charge is 2.21. The van der Waals surface area contributed by atoms with Crippen molar-refractivity contribution in [2.24, 2.45) is 0 Å². The molecule has 0 aromatic heterocycles. The zero-order valence-electron chi connectivity index (χ0n) is 13.0. The number of ether oxygens (including phenoxy) is 2. The first kappa shape index (κ1) is 17.0. The number of aliphatic hydroxyl groups is 1. The van der Waals surface area contributed by atoms with Crippen molar-refractivity contribution in [3.8, 4) is 5.75 Å². The zero-order chi connectivity index (χ0) is 14.8. The van der Waals surface area contributed by atoms with Gasteiger partial charge in [0.15, 0.2) is 0 Å². The summed E-state index contributed by atoms with van der Waals surface area (Å²) in [5.74, 6) is 0.930. The molecule has 1 N–H and O–H groups in total. The maximum absolute atomic E-state index is 8.76. The average Bonchev–Trinajstić information content (AvgIpc) is 2.44. The van der Waals surface area contributed by atoms with Gasteiger partial charge in [-0.1, -0.05) is 39.3 Å². The molecule has 0 amide bonds. The Morgan fingerprint density at radius 1 is 1.15 bits per heavy atom. The van der Waals surface area contributed by atoms with E-state index in [2.05, 4.69) is 32.9 Å². The molecule has 0 heterocycles. The summed E-state index contributed by atoms with van der Waals surface area (Å²) in [5, 5.41) is 8.76. The lowest BCUT2D eigenvalue weighted by Crippen LogP contribution is -2.24. The van der Waals surface area contributed by atoms with Crippen LogP contribution >= 0.6 is 0 Å². The molecule has 20 heavy (non-hydrogen) atoms. The molecule has 0 radical (unpaired) electrons. The van der Waals surface area contributed by atoms with Crippen LogP contribution in [0.4, 0.5) is 0 Å². The van der Waals surface area contributed by atoms with Gasteiger partial charge in [-0.05, 0) is 30.5 Å². The quantitative estimate of drug-likeness (QED) is 0.666. The van der Waals surface area contributed by atoms with Gasteiger partial charge >= 0.3 is 0 Å². The van der Waals surface area contributed by atoms with Crippen LogP contribution in [0.2, 0.25) is 0 Å². The van der Waals surface area contributed by atoms with Gasteiger partial charge < -0.3 is 14.6 Å². The molecule has 0 aliphatic carbocycles. The number of rotatable bonds is 10. The van der Waals surface area contributed by atoms with Crippen LogP contribution in [0.25, 0.3) is 0 Å². The highest BCUT2D eigenvalue weighted by Crippen LogP contribution is 2.27. The first-order valence-corrected chi connectivity index (χ1v) is 7.52. The fourth-order valence-corrected chi connectivity index (χ4v) is 1.92. The summed E-state index contributed by atoms with van der Waals surface area (Å²) < 4.78 is 11.4. The lowest BCUT2D eigenvalue weighted by molar-refractivity contribution is 0.0824. The van der Waals surface area contributed by atoms with E-state index in [1.807, 2.05) is 12.1 Å². The van der Waals surface area contributed by atoms with Crippen molar-refractivity contribution in [2.75, 3.05) is 26.4 Å².